The Morgan fingerprint density at radius 2 is 2.17 bits per heavy atom. The average Bonchev–Trinajstić information content (AvgIpc) is 3.25. The van der Waals surface area contributed by atoms with Crippen molar-refractivity contribution in [3.8, 4) is 11.6 Å². The van der Waals surface area contributed by atoms with Gasteiger partial charge < -0.3 is 18.8 Å². The van der Waals surface area contributed by atoms with Crippen LogP contribution < -0.4 is 4.90 Å². The molecule has 2 aromatic rings. The molecule has 1 atom stereocenters. The van der Waals surface area contributed by atoms with Gasteiger partial charge in [-0.1, -0.05) is 11.8 Å². The van der Waals surface area contributed by atoms with Gasteiger partial charge in [-0.2, -0.15) is 0 Å². The number of amides is 1. The second kappa shape index (κ2) is 7.40. The smallest absolute Gasteiger partial charge is 0.236 e. The van der Waals surface area contributed by atoms with Crippen LogP contribution in [0.4, 0.5) is 0 Å². The van der Waals surface area contributed by atoms with Crippen molar-refractivity contribution in [3.05, 3.63) is 18.4 Å². The second-order valence-electron chi connectivity index (χ2n) is 6.03. The molecule has 0 saturated carbocycles. The quantitative estimate of drug-likeness (QED) is 0.786. The largest absolute Gasteiger partial charge is 0.461 e. The number of rotatable bonds is 5. The van der Waals surface area contributed by atoms with E-state index in [0.29, 0.717) is 11.6 Å². The Bertz CT molecular complexity index is 677. The van der Waals surface area contributed by atoms with Crippen LogP contribution in [0.5, 0.6) is 0 Å². The number of likely N-dealkylation sites (N-methyl/N-ethyl adjacent to an activating group) is 1. The summed E-state index contributed by atoms with van der Waals surface area (Å²) in [6.45, 7) is 9.00. The number of thioether (sulfide) groups is 1. The number of nitrogens with zero attached hydrogens (tertiary/aromatic N) is 4. The topological polar surface area (TPSA) is 68.6 Å². The normalized spacial score (nSPS) is 17.2. The van der Waals surface area contributed by atoms with Crippen molar-refractivity contribution in [3.63, 3.8) is 0 Å². The van der Waals surface area contributed by atoms with E-state index in [9.17, 15) is 4.79 Å². The Morgan fingerprint density at radius 3 is 2.79 bits per heavy atom. The van der Waals surface area contributed by atoms with Gasteiger partial charge in [0.1, 0.15) is 0 Å². The molecule has 3 rings (SSSR count). The van der Waals surface area contributed by atoms with Crippen LogP contribution in [0.3, 0.4) is 0 Å². The molecule has 0 aliphatic carbocycles. The highest BCUT2D eigenvalue weighted by molar-refractivity contribution is 8.00. The molecule has 0 unspecified atom stereocenters. The van der Waals surface area contributed by atoms with Crippen LogP contribution >= 0.6 is 11.8 Å². The summed E-state index contributed by atoms with van der Waals surface area (Å²) in [4.78, 5) is 16.2. The molecule has 0 radical (unpaired) electrons. The number of nitrogens with one attached hydrogen (secondary N) is 1. The number of carbonyl (C=O) groups excluding carboxylic acids is 1. The Morgan fingerprint density at radius 1 is 1.42 bits per heavy atom. The zero-order valence-electron chi connectivity index (χ0n) is 14.4. The minimum Gasteiger partial charge on any atom is -0.461 e. The highest BCUT2D eigenvalue weighted by Crippen LogP contribution is 2.26. The molecule has 0 aromatic carbocycles. The maximum atomic E-state index is 12.7. The number of furan rings is 1. The van der Waals surface area contributed by atoms with Gasteiger partial charge in [-0.3, -0.25) is 4.79 Å². The van der Waals surface area contributed by atoms with Gasteiger partial charge in [-0.25, -0.2) is 0 Å². The molecule has 0 bridgehead atoms. The van der Waals surface area contributed by atoms with Crippen molar-refractivity contribution in [2.24, 2.45) is 7.05 Å². The average molecular weight is 350 g/mol. The van der Waals surface area contributed by atoms with E-state index in [1.165, 1.54) is 11.8 Å². The molecule has 1 amide bonds. The Labute approximate surface area is 146 Å². The standard InChI is InChI=1S/C16H23N5O2S/c1-4-20-7-9-21(10-8-20)15(22)12(2)24-16-18-17-14(19(16)3)13-6-5-11-23-13/h5-6,11-12H,4,7-10H2,1-3H3/p+1/t12-/m1/s1. The molecule has 1 N–H and O–H groups in total. The predicted octanol–water partition coefficient (Wildman–Crippen LogP) is 0.303. The van der Waals surface area contributed by atoms with Gasteiger partial charge in [0.2, 0.25) is 5.91 Å². The van der Waals surface area contributed by atoms with Crippen LogP contribution in [0.15, 0.2) is 28.0 Å². The summed E-state index contributed by atoms with van der Waals surface area (Å²) >= 11 is 1.45. The molecule has 7 nitrogen and oxygen atoms in total. The predicted molar refractivity (Wildman–Crippen MR) is 91.8 cm³/mol. The Balaban J connectivity index is 1.63. The lowest BCUT2D eigenvalue weighted by molar-refractivity contribution is -0.902. The van der Waals surface area contributed by atoms with Gasteiger partial charge in [0.25, 0.3) is 0 Å². The summed E-state index contributed by atoms with van der Waals surface area (Å²) in [5.74, 6) is 1.52. The molecular weight excluding hydrogens is 326 g/mol. The first-order chi connectivity index (χ1) is 11.6. The molecule has 2 aromatic heterocycles. The molecule has 1 aliphatic rings. The van der Waals surface area contributed by atoms with Crippen LogP contribution in [0.2, 0.25) is 0 Å². The summed E-state index contributed by atoms with van der Waals surface area (Å²) in [5, 5.41) is 8.92. The van der Waals surface area contributed by atoms with Crippen LogP contribution in [-0.4, -0.2) is 63.5 Å². The number of carbonyl (C=O) groups is 1. The van der Waals surface area contributed by atoms with Gasteiger partial charge in [0, 0.05) is 7.05 Å². The molecule has 24 heavy (non-hydrogen) atoms. The minimum atomic E-state index is -0.180. The van der Waals surface area contributed by atoms with Crippen molar-refractivity contribution in [1.29, 1.82) is 0 Å². The first-order valence-electron chi connectivity index (χ1n) is 8.32. The molecule has 0 spiro atoms. The lowest BCUT2D eigenvalue weighted by Crippen LogP contribution is -3.14. The van der Waals surface area contributed by atoms with Crippen molar-refractivity contribution in [2.45, 2.75) is 24.3 Å². The van der Waals surface area contributed by atoms with Crippen LogP contribution in [-0.2, 0) is 11.8 Å². The fourth-order valence-electron chi connectivity index (χ4n) is 2.90. The third-order valence-corrected chi connectivity index (χ3v) is 5.61. The van der Waals surface area contributed by atoms with Crippen molar-refractivity contribution in [2.75, 3.05) is 32.7 Å². The highest BCUT2D eigenvalue weighted by Gasteiger charge is 2.28. The van der Waals surface area contributed by atoms with E-state index in [1.54, 1.807) is 11.2 Å². The summed E-state index contributed by atoms with van der Waals surface area (Å²) < 4.78 is 7.24. The lowest BCUT2D eigenvalue weighted by Gasteiger charge is -2.32. The van der Waals surface area contributed by atoms with Crippen molar-refractivity contribution < 1.29 is 14.1 Å². The minimum absolute atomic E-state index is 0.178. The molecule has 1 aliphatic heterocycles. The van der Waals surface area contributed by atoms with Crippen molar-refractivity contribution in [1.82, 2.24) is 19.7 Å². The molecule has 130 valence electrons. The number of piperazine rings is 1. The third kappa shape index (κ3) is 3.49. The molecular formula is C16H24N5O2S+. The molecule has 1 saturated heterocycles. The summed E-state index contributed by atoms with van der Waals surface area (Å²) in [7, 11) is 1.89. The lowest BCUT2D eigenvalue weighted by atomic mass is 10.3. The second-order valence-corrected chi connectivity index (χ2v) is 7.34. The fourth-order valence-corrected chi connectivity index (χ4v) is 3.80. The number of hydrogen-bond acceptors (Lipinski definition) is 5. The number of quaternary nitrogens is 1. The van der Waals surface area contributed by atoms with E-state index in [0.717, 1.165) is 37.9 Å². The van der Waals surface area contributed by atoms with Crippen LogP contribution in [0.1, 0.15) is 13.8 Å². The van der Waals surface area contributed by atoms with Crippen molar-refractivity contribution >= 4 is 17.7 Å². The van der Waals surface area contributed by atoms with Gasteiger partial charge in [-0.15, -0.1) is 10.2 Å². The molecule has 8 heteroatoms. The summed E-state index contributed by atoms with van der Waals surface area (Å²) in [5.41, 5.74) is 0. The Hall–Kier alpha value is -1.80. The van der Waals surface area contributed by atoms with Gasteiger partial charge in [0.15, 0.2) is 16.7 Å². The maximum Gasteiger partial charge on any atom is 0.236 e. The molecule has 1 fully saturated rings. The van der Waals surface area contributed by atoms with Gasteiger partial charge in [-0.05, 0) is 26.0 Å². The van der Waals surface area contributed by atoms with E-state index < -0.39 is 0 Å². The van der Waals surface area contributed by atoms with E-state index in [1.807, 2.05) is 35.6 Å². The maximum absolute atomic E-state index is 12.7. The number of hydrogen-bond donors (Lipinski definition) is 1. The van der Waals surface area contributed by atoms with E-state index in [-0.39, 0.29) is 11.2 Å². The van der Waals surface area contributed by atoms with Crippen LogP contribution in [0.25, 0.3) is 11.6 Å². The first-order valence-corrected chi connectivity index (χ1v) is 9.20. The van der Waals surface area contributed by atoms with Crippen LogP contribution in [0, 0.1) is 0 Å². The number of aromatic nitrogens is 3. The molecule has 3 heterocycles. The van der Waals surface area contributed by atoms with Gasteiger partial charge in [0.05, 0.1) is 44.2 Å². The first kappa shape index (κ1) is 17.0. The van der Waals surface area contributed by atoms with E-state index in [2.05, 4.69) is 17.1 Å². The monoisotopic (exact) mass is 350 g/mol. The zero-order valence-corrected chi connectivity index (χ0v) is 15.2. The summed E-state index contributed by atoms with van der Waals surface area (Å²) in [6, 6.07) is 3.67. The zero-order chi connectivity index (χ0) is 17.1. The Kier molecular flexibility index (Phi) is 5.25. The fraction of sp³-hybridized carbons (Fsp3) is 0.562. The van der Waals surface area contributed by atoms with E-state index in [4.69, 9.17) is 4.42 Å². The highest BCUT2D eigenvalue weighted by atomic mass is 32.2. The summed E-state index contributed by atoms with van der Waals surface area (Å²) in [6.07, 6.45) is 1.61. The third-order valence-electron chi connectivity index (χ3n) is 4.49. The van der Waals surface area contributed by atoms with E-state index >= 15 is 0 Å². The SMILES string of the molecule is CC[NH+]1CCN(C(=O)[C@@H](C)Sc2nnc(-c3ccco3)n2C)CC1. The van der Waals surface area contributed by atoms with Gasteiger partial charge >= 0.3 is 0 Å².